The molecule has 1 aromatic carbocycles. The zero-order valence-corrected chi connectivity index (χ0v) is 12.0. The molecule has 0 bridgehead atoms. The highest BCUT2D eigenvalue weighted by molar-refractivity contribution is 5.94. The smallest absolute Gasteiger partial charge is 0.226 e. The Bertz CT molecular complexity index is 433. The van der Waals surface area contributed by atoms with Crippen LogP contribution in [0.2, 0.25) is 0 Å². The van der Waals surface area contributed by atoms with E-state index in [-0.39, 0.29) is 11.9 Å². The van der Waals surface area contributed by atoms with Crippen molar-refractivity contribution in [1.82, 2.24) is 0 Å². The normalized spacial score (nSPS) is 11.8. The fraction of sp³-hybridized carbons (Fsp3) is 0.500. The molecule has 1 rings (SSSR count). The summed E-state index contributed by atoms with van der Waals surface area (Å²) >= 11 is 0. The lowest BCUT2D eigenvalue weighted by Crippen LogP contribution is -2.28. The van der Waals surface area contributed by atoms with Gasteiger partial charge in [0.05, 0.1) is 19.9 Å². The molecule has 5 heteroatoms. The van der Waals surface area contributed by atoms with Crippen molar-refractivity contribution < 1.29 is 14.3 Å². The molecule has 0 fully saturated rings. The Morgan fingerprint density at radius 2 is 2.05 bits per heavy atom. The van der Waals surface area contributed by atoms with Crippen LogP contribution < -0.4 is 20.1 Å². The summed E-state index contributed by atoms with van der Waals surface area (Å²) in [6.45, 7) is 1.89. The number of nitrogens with two attached hydrogens (primary N) is 1. The zero-order chi connectivity index (χ0) is 14.4. The summed E-state index contributed by atoms with van der Waals surface area (Å²) in [5.41, 5.74) is 6.38. The van der Waals surface area contributed by atoms with Gasteiger partial charge in [0, 0.05) is 25.6 Å². The van der Waals surface area contributed by atoms with Gasteiger partial charge in [0.2, 0.25) is 5.91 Å². The Kier molecular flexibility index (Phi) is 5.63. The van der Waals surface area contributed by atoms with Gasteiger partial charge >= 0.3 is 0 Å². The van der Waals surface area contributed by atoms with Gasteiger partial charge in [-0.25, -0.2) is 0 Å². The van der Waals surface area contributed by atoms with Crippen LogP contribution >= 0.6 is 0 Å². The lowest BCUT2D eigenvalue weighted by Gasteiger charge is -2.21. The topological polar surface area (TPSA) is 64.8 Å². The monoisotopic (exact) mass is 266 g/mol. The molecule has 1 amide bonds. The highest BCUT2D eigenvalue weighted by Crippen LogP contribution is 2.31. The molecule has 5 nitrogen and oxygen atoms in total. The predicted molar refractivity (Wildman–Crippen MR) is 75.8 cm³/mol. The molecule has 0 aliphatic carbocycles. The van der Waals surface area contributed by atoms with Crippen molar-refractivity contribution in [1.29, 1.82) is 0 Å². The van der Waals surface area contributed by atoms with Crippen LogP contribution in [0.4, 0.5) is 5.69 Å². The molecule has 2 N–H and O–H groups in total. The summed E-state index contributed by atoms with van der Waals surface area (Å²) < 4.78 is 10.4. The lowest BCUT2D eigenvalue weighted by atomic mass is 10.1. The van der Waals surface area contributed by atoms with E-state index < -0.39 is 0 Å². The largest absolute Gasteiger partial charge is 0.497 e. The number of hydrogen-bond donors (Lipinski definition) is 1. The van der Waals surface area contributed by atoms with Crippen molar-refractivity contribution in [3.8, 4) is 11.5 Å². The standard InChI is InChI=1S/C14H22N2O3/c1-10(15)5-8-14(17)16(2)12-7-6-11(18-3)9-13(12)19-4/h6-7,9-10H,5,8,15H2,1-4H3. The number of amides is 1. The van der Waals surface area contributed by atoms with Gasteiger partial charge in [-0.15, -0.1) is 0 Å². The van der Waals surface area contributed by atoms with Crippen molar-refractivity contribution >= 4 is 11.6 Å². The number of anilines is 1. The number of carbonyl (C=O) groups excluding carboxylic acids is 1. The third-order valence-electron chi connectivity index (χ3n) is 2.94. The molecular formula is C14H22N2O3. The van der Waals surface area contributed by atoms with Gasteiger partial charge in [-0.2, -0.15) is 0 Å². The average Bonchev–Trinajstić information content (AvgIpc) is 2.42. The first-order valence-corrected chi connectivity index (χ1v) is 6.23. The van der Waals surface area contributed by atoms with E-state index in [2.05, 4.69) is 0 Å². The molecular weight excluding hydrogens is 244 g/mol. The van der Waals surface area contributed by atoms with Crippen molar-refractivity contribution in [2.75, 3.05) is 26.2 Å². The second-order valence-corrected chi connectivity index (χ2v) is 4.51. The minimum atomic E-state index is 0.0146. The quantitative estimate of drug-likeness (QED) is 0.852. The van der Waals surface area contributed by atoms with E-state index in [9.17, 15) is 4.79 Å². The fourth-order valence-electron chi connectivity index (χ4n) is 1.72. The second-order valence-electron chi connectivity index (χ2n) is 4.51. The number of nitrogens with zero attached hydrogens (tertiary/aromatic N) is 1. The molecule has 0 spiro atoms. The number of carbonyl (C=O) groups is 1. The molecule has 0 saturated carbocycles. The van der Waals surface area contributed by atoms with Crippen molar-refractivity contribution in [3.63, 3.8) is 0 Å². The van der Waals surface area contributed by atoms with Crippen molar-refractivity contribution in [3.05, 3.63) is 18.2 Å². The second kappa shape index (κ2) is 6.99. The molecule has 1 atom stereocenters. The maximum Gasteiger partial charge on any atom is 0.226 e. The van der Waals surface area contributed by atoms with Gasteiger partial charge in [-0.05, 0) is 25.5 Å². The van der Waals surface area contributed by atoms with Gasteiger partial charge in [-0.3, -0.25) is 4.79 Å². The molecule has 0 aliphatic heterocycles. The SMILES string of the molecule is COc1ccc(N(C)C(=O)CCC(C)N)c(OC)c1. The van der Waals surface area contributed by atoms with E-state index >= 15 is 0 Å². The Morgan fingerprint density at radius 3 is 2.58 bits per heavy atom. The zero-order valence-electron chi connectivity index (χ0n) is 12.0. The van der Waals surface area contributed by atoms with Gasteiger partial charge in [0.1, 0.15) is 11.5 Å². The predicted octanol–water partition coefficient (Wildman–Crippen LogP) is 1.79. The molecule has 0 heterocycles. The van der Waals surface area contributed by atoms with Crippen LogP contribution in [-0.4, -0.2) is 33.2 Å². The van der Waals surface area contributed by atoms with Crippen LogP contribution in [0.5, 0.6) is 11.5 Å². The van der Waals surface area contributed by atoms with Crippen LogP contribution in [0, 0.1) is 0 Å². The van der Waals surface area contributed by atoms with Crippen LogP contribution in [-0.2, 0) is 4.79 Å². The Balaban J connectivity index is 2.86. The number of ether oxygens (including phenoxy) is 2. The minimum Gasteiger partial charge on any atom is -0.497 e. The summed E-state index contributed by atoms with van der Waals surface area (Å²) in [5.74, 6) is 1.31. The number of benzene rings is 1. The van der Waals surface area contributed by atoms with E-state index in [0.29, 0.717) is 24.3 Å². The molecule has 106 valence electrons. The lowest BCUT2D eigenvalue weighted by molar-refractivity contribution is -0.118. The number of rotatable bonds is 6. The maximum atomic E-state index is 12.1. The molecule has 0 radical (unpaired) electrons. The molecule has 19 heavy (non-hydrogen) atoms. The Morgan fingerprint density at radius 1 is 1.37 bits per heavy atom. The van der Waals surface area contributed by atoms with Gasteiger partial charge in [0.15, 0.2) is 0 Å². The first-order chi connectivity index (χ1) is 8.99. The van der Waals surface area contributed by atoms with Crippen LogP contribution in [0.25, 0.3) is 0 Å². The molecule has 0 aromatic heterocycles. The van der Waals surface area contributed by atoms with Crippen LogP contribution in [0.15, 0.2) is 18.2 Å². The van der Waals surface area contributed by atoms with Crippen LogP contribution in [0.3, 0.4) is 0 Å². The molecule has 1 unspecified atom stereocenters. The van der Waals surface area contributed by atoms with Crippen molar-refractivity contribution in [2.24, 2.45) is 5.73 Å². The summed E-state index contributed by atoms with van der Waals surface area (Å²) in [6.07, 6.45) is 1.09. The van der Waals surface area contributed by atoms with E-state index in [4.69, 9.17) is 15.2 Å². The molecule has 1 aromatic rings. The summed E-state index contributed by atoms with van der Waals surface area (Å²) in [5, 5.41) is 0. The first kappa shape index (κ1) is 15.3. The Labute approximate surface area is 114 Å². The first-order valence-electron chi connectivity index (χ1n) is 6.23. The van der Waals surface area contributed by atoms with Gasteiger partial charge < -0.3 is 20.1 Å². The van der Waals surface area contributed by atoms with Gasteiger partial charge in [-0.1, -0.05) is 0 Å². The van der Waals surface area contributed by atoms with E-state index in [1.54, 1.807) is 44.4 Å². The third kappa shape index (κ3) is 4.13. The Hall–Kier alpha value is -1.75. The van der Waals surface area contributed by atoms with Crippen LogP contribution in [0.1, 0.15) is 19.8 Å². The van der Waals surface area contributed by atoms with Crippen molar-refractivity contribution in [2.45, 2.75) is 25.8 Å². The van der Waals surface area contributed by atoms with Gasteiger partial charge in [0.25, 0.3) is 0 Å². The summed E-state index contributed by atoms with van der Waals surface area (Å²) in [4.78, 5) is 13.6. The molecule has 0 aliphatic rings. The van der Waals surface area contributed by atoms with E-state index in [1.165, 1.54) is 0 Å². The number of methoxy groups -OCH3 is 2. The molecule has 0 saturated heterocycles. The van der Waals surface area contributed by atoms with E-state index in [0.717, 1.165) is 5.69 Å². The van der Waals surface area contributed by atoms with E-state index in [1.807, 2.05) is 6.92 Å². The third-order valence-corrected chi connectivity index (χ3v) is 2.94. The summed E-state index contributed by atoms with van der Waals surface area (Å²) in [7, 11) is 4.89. The summed E-state index contributed by atoms with van der Waals surface area (Å²) in [6, 6.07) is 5.38. The maximum absolute atomic E-state index is 12.1. The minimum absolute atomic E-state index is 0.0146. The average molecular weight is 266 g/mol. The fourth-order valence-corrected chi connectivity index (χ4v) is 1.72. The number of hydrogen-bond acceptors (Lipinski definition) is 4. The highest BCUT2D eigenvalue weighted by atomic mass is 16.5. The highest BCUT2D eigenvalue weighted by Gasteiger charge is 2.16.